The molecule has 1 aromatic rings. The monoisotopic (exact) mass is 259 g/mol. The van der Waals surface area contributed by atoms with E-state index in [1.165, 1.54) is 0 Å². The quantitative estimate of drug-likeness (QED) is 0.699. The van der Waals surface area contributed by atoms with Crippen LogP contribution in [0.25, 0.3) is 0 Å². The summed E-state index contributed by atoms with van der Waals surface area (Å²) in [6.07, 6.45) is 0. The van der Waals surface area contributed by atoms with E-state index < -0.39 is 0 Å². The SMILES string of the molecule is COCCOCCNCc1cc(Cl)ccc1O. The van der Waals surface area contributed by atoms with Crippen LogP contribution in [0.5, 0.6) is 5.75 Å². The lowest BCUT2D eigenvalue weighted by Gasteiger charge is -2.07. The van der Waals surface area contributed by atoms with Crippen LogP contribution in [0.2, 0.25) is 5.02 Å². The number of ether oxygens (including phenoxy) is 2. The predicted molar refractivity (Wildman–Crippen MR) is 67.5 cm³/mol. The van der Waals surface area contributed by atoms with Crippen LogP contribution in [0.3, 0.4) is 0 Å². The van der Waals surface area contributed by atoms with Crippen LogP contribution in [-0.2, 0) is 16.0 Å². The second-order valence-corrected chi connectivity index (χ2v) is 3.99. The molecule has 0 saturated carbocycles. The third-order valence-electron chi connectivity index (χ3n) is 2.21. The van der Waals surface area contributed by atoms with Crippen molar-refractivity contribution in [1.82, 2.24) is 5.32 Å². The number of hydrogen-bond acceptors (Lipinski definition) is 4. The third kappa shape index (κ3) is 5.89. The molecule has 0 aliphatic rings. The number of phenols is 1. The fourth-order valence-electron chi connectivity index (χ4n) is 1.31. The topological polar surface area (TPSA) is 50.7 Å². The molecule has 0 amide bonds. The van der Waals surface area contributed by atoms with Crippen LogP contribution in [0, 0.1) is 0 Å². The summed E-state index contributed by atoms with van der Waals surface area (Å²) in [5.41, 5.74) is 0.786. The minimum Gasteiger partial charge on any atom is -0.508 e. The van der Waals surface area contributed by atoms with Crippen LogP contribution in [0.15, 0.2) is 18.2 Å². The molecular formula is C12H18ClNO3. The smallest absolute Gasteiger partial charge is 0.120 e. The number of phenolic OH excluding ortho intramolecular Hbond substituents is 1. The van der Waals surface area contributed by atoms with E-state index in [4.69, 9.17) is 21.1 Å². The number of methoxy groups -OCH3 is 1. The van der Waals surface area contributed by atoms with Crippen LogP contribution in [-0.4, -0.2) is 38.6 Å². The van der Waals surface area contributed by atoms with E-state index in [0.29, 0.717) is 31.4 Å². The Morgan fingerprint density at radius 3 is 2.88 bits per heavy atom. The first-order chi connectivity index (χ1) is 8.24. The molecule has 0 aliphatic carbocycles. The number of benzene rings is 1. The van der Waals surface area contributed by atoms with Crippen molar-refractivity contribution >= 4 is 11.6 Å². The van der Waals surface area contributed by atoms with Gasteiger partial charge in [-0.3, -0.25) is 0 Å². The Labute approximate surface area is 106 Å². The van der Waals surface area contributed by atoms with Gasteiger partial charge in [-0.25, -0.2) is 0 Å². The molecule has 17 heavy (non-hydrogen) atoms. The first-order valence-corrected chi connectivity index (χ1v) is 5.86. The third-order valence-corrected chi connectivity index (χ3v) is 2.45. The molecule has 0 atom stereocenters. The zero-order valence-corrected chi connectivity index (χ0v) is 10.7. The summed E-state index contributed by atoms with van der Waals surface area (Å²) in [6, 6.07) is 5.00. The maximum Gasteiger partial charge on any atom is 0.120 e. The van der Waals surface area contributed by atoms with Gasteiger partial charge in [-0.2, -0.15) is 0 Å². The zero-order chi connectivity index (χ0) is 12.5. The van der Waals surface area contributed by atoms with Gasteiger partial charge in [-0.05, 0) is 18.2 Å². The normalized spacial score (nSPS) is 10.7. The minimum absolute atomic E-state index is 0.252. The summed E-state index contributed by atoms with van der Waals surface area (Å²) in [6.45, 7) is 3.11. The first-order valence-electron chi connectivity index (χ1n) is 5.49. The van der Waals surface area contributed by atoms with Gasteiger partial charge in [0.25, 0.3) is 0 Å². The van der Waals surface area contributed by atoms with E-state index in [1.54, 1.807) is 25.3 Å². The van der Waals surface area contributed by atoms with Gasteiger partial charge in [0.15, 0.2) is 0 Å². The van der Waals surface area contributed by atoms with Crippen LogP contribution < -0.4 is 5.32 Å². The van der Waals surface area contributed by atoms with Crippen LogP contribution in [0.4, 0.5) is 0 Å². The zero-order valence-electron chi connectivity index (χ0n) is 9.91. The fraction of sp³-hybridized carbons (Fsp3) is 0.500. The number of halogens is 1. The van der Waals surface area contributed by atoms with Gasteiger partial charge in [-0.15, -0.1) is 0 Å². The van der Waals surface area contributed by atoms with Crippen molar-refractivity contribution in [3.63, 3.8) is 0 Å². The van der Waals surface area contributed by atoms with Gasteiger partial charge in [-0.1, -0.05) is 11.6 Å². The molecule has 96 valence electrons. The van der Waals surface area contributed by atoms with Crippen molar-refractivity contribution in [2.75, 3.05) is 33.5 Å². The predicted octanol–water partition coefficient (Wildman–Crippen LogP) is 1.80. The lowest BCUT2D eigenvalue weighted by Crippen LogP contribution is -2.20. The minimum atomic E-state index is 0.252. The Bertz CT molecular complexity index is 334. The van der Waals surface area contributed by atoms with Crippen molar-refractivity contribution in [2.45, 2.75) is 6.54 Å². The molecule has 0 bridgehead atoms. The summed E-state index contributed by atoms with van der Waals surface area (Å²) < 4.78 is 10.1. The highest BCUT2D eigenvalue weighted by molar-refractivity contribution is 6.30. The van der Waals surface area contributed by atoms with Crippen molar-refractivity contribution in [3.05, 3.63) is 28.8 Å². The molecule has 0 heterocycles. The summed E-state index contributed by atoms with van der Waals surface area (Å²) >= 11 is 5.84. The number of rotatable bonds is 8. The summed E-state index contributed by atoms with van der Waals surface area (Å²) in [7, 11) is 1.64. The largest absolute Gasteiger partial charge is 0.508 e. The summed E-state index contributed by atoms with van der Waals surface area (Å²) in [4.78, 5) is 0. The Morgan fingerprint density at radius 1 is 1.29 bits per heavy atom. The molecule has 1 aromatic carbocycles. The second kappa shape index (κ2) is 8.31. The van der Waals surface area contributed by atoms with Gasteiger partial charge in [0, 0.05) is 30.8 Å². The number of nitrogens with one attached hydrogen (secondary N) is 1. The molecule has 5 heteroatoms. The number of hydrogen-bond donors (Lipinski definition) is 2. The molecule has 0 spiro atoms. The van der Waals surface area contributed by atoms with E-state index >= 15 is 0 Å². The van der Waals surface area contributed by atoms with Crippen LogP contribution in [0.1, 0.15) is 5.56 Å². The van der Waals surface area contributed by atoms with E-state index in [0.717, 1.165) is 12.1 Å². The summed E-state index contributed by atoms with van der Waals surface area (Å²) in [5.74, 6) is 0.252. The van der Waals surface area contributed by atoms with Crippen molar-refractivity contribution in [2.24, 2.45) is 0 Å². The molecule has 0 aromatic heterocycles. The van der Waals surface area contributed by atoms with Gasteiger partial charge >= 0.3 is 0 Å². The Hall–Kier alpha value is -0.810. The van der Waals surface area contributed by atoms with E-state index in [-0.39, 0.29) is 5.75 Å². The van der Waals surface area contributed by atoms with Crippen molar-refractivity contribution in [1.29, 1.82) is 0 Å². The highest BCUT2D eigenvalue weighted by Crippen LogP contribution is 2.20. The maximum atomic E-state index is 9.56. The average Bonchev–Trinajstić information content (AvgIpc) is 2.32. The highest BCUT2D eigenvalue weighted by atomic mass is 35.5. The van der Waals surface area contributed by atoms with E-state index in [9.17, 15) is 5.11 Å². The highest BCUT2D eigenvalue weighted by Gasteiger charge is 2.01. The van der Waals surface area contributed by atoms with E-state index in [2.05, 4.69) is 5.32 Å². The Morgan fingerprint density at radius 2 is 2.12 bits per heavy atom. The fourth-order valence-corrected chi connectivity index (χ4v) is 1.50. The van der Waals surface area contributed by atoms with Gasteiger partial charge in [0.1, 0.15) is 5.75 Å². The average molecular weight is 260 g/mol. The second-order valence-electron chi connectivity index (χ2n) is 3.55. The van der Waals surface area contributed by atoms with Gasteiger partial charge in [0.05, 0.1) is 19.8 Å². The molecule has 1 rings (SSSR count). The maximum absolute atomic E-state index is 9.56. The van der Waals surface area contributed by atoms with Gasteiger partial charge < -0.3 is 19.9 Å². The molecule has 2 N–H and O–H groups in total. The Kier molecular flexibility index (Phi) is 6.96. The standard InChI is InChI=1S/C12H18ClNO3/c1-16-6-7-17-5-4-14-9-10-8-11(13)2-3-12(10)15/h2-3,8,14-15H,4-7,9H2,1H3. The lowest BCUT2D eigenvalue weighted by atomic mass is 10.2. The molecular weight excluding hydrogens is 242 g/mol. The van der Waals surface area contributed by atoms with Crippen molar-refractivity contribution in [3.8, 4) is 5.75 Å². The van der Waals surface area contributed by atoms with Crippen LogP contribution >= 0.6 is 11.6 Å². The molecule has 4 nitrogen and oxygen atoms in total. The lowest BCUT2D eigenvalue weighted by molar-refractivity contribution is 0.0719. The summed E-state index contributed by atoms with van der Waals surface area (Å²) in [5, 5.41) is 13.3. The van der Waals surface area contributed by atoms with E-state index in [1.807, 2.05) is 0 Å². The molecule has 0 unspecified atom stereocenters. The van der Waals surface area contributed by atoms with Crippen molar-refractivity contribution < 1.29 is 14.6 Å². The molecule has 0 aliphatic heterocycles. The molecule has 0 radical (unpaired) electrons. The molecule has 0 fully saturated rings. The van der Waals surface area contributed by atoms with Gasteiger partial charge in [0.2, 0.25) is 0 Å². The molecule has 0 saturated heterocycles. The Balaban J connectivity index is 2.15. The number of aromatic hydroxyl groups is 1. The first kappa shape index (κ1) is 14.3.